The molecule has 3 aromatic rings. The molecule has 0 radical (unpaired) electrons. The quantitative estimate of drug-likeness (QED) is 0.503. The lowest BCUT2D eigenvalue weighted by atomic mass is 10.1. The van der Waals surface area contributed by atoms with Crippen LogP contribution in [-0.2, 0) is 17.5 Å². The first-order valence-electron chi connectivity index (χ1n) is 12.3. The van der Waals surface area contributed by atoms with Crippen molar-refractivity contribution in [3.8, 4) is 11.3 Å². The van der Waals surface area contributed by atoms with E-state index >= 15 is 0 Å². The zero-order valence-electron chi connectivity index (χ0n) is 20.3. The molecule has 12 heteroatoms. The molecular weight excluding hydrogens is 485 g/mol. The summed E-state index contributed by atoms with van der Waals surface area (Å²) < 4.78 is 46.9. The Morgan fingerprint density at radius 2 is 1.70 bits per heavy atom. The molecule has 0 amide bonds. The molecule has 0 bridgehead atoms. The minimum Gasteiger partial charge on any atom is -0.384 e. The number of nitrogen functional groups attached to an aromatic ring is 1. The van der Waals surface area contributed by atoms with Gasteiger partial charge in [0.05, 0.1) is 24.5 Å². The number of hydrogen-bond donors (Lipinski definition) is 2. The lowest BCUT2D eigenvalue weighted by Crippen LogP contribution is -2.37. The number of nitrogens with zero attached hydrogens (tertiary/aromatic N) is 6. The molecule has 196 valence electrons. The van der Waals surface area contributed by atoms with Gasteiger partial charge in [0.25, 0.3) is 0 Å². The minimum atomic E-state index is -4.63. The third-order valence-corrected chi connectivity index (χ3v) is 6.45. The molecule has 0 unspecified atom stereocenters. The highest BCUT2D eigenvalue weighted by Crippen LogP contribution is 2.38. The van der Waals surface area contributed by atoms with Crippen LogP contribution in [0.5, 0.6) is 0 Å². The molecule has 37 heavy (non-hydrogen) atoms. The molecule has 0 aromatic carbocycles. The fourth-order valence-electron chi connectivity index (χ4n) is 4.55. The standard InChI is InChI=1S/C25H29F3N8O/c26-25(27,28)19-12-21(29)30-15-18(19)20-13-23(34-24(32-20)36-8-10-37-11-9-36)33-22-5-4-17(14-31-22)16-35-6-2-1-3-7-35/h4-5,12-15H,1-3,6-11,16H2,(H2,29,30)(H,31,32,33,34). The molecule has 2 fully saturated rings. The van der Waals surface area contributed by atoms with Gasteiger partial charge in [-0.15, -0.1) is 0 Å². The van der Waals surface area contributed by atoms with Gasteiger partial charge in [-0.3, -0.25) is 4.90 Å². The third-order valence-electron chi connectivity index (χ3n) is 6.45. The van der Waals surface area contributed by atoms with E-state index in [0.29, 0.717) is 43.9 Å². The van der Waals surface area contributed by atoms with E-state index in [1.54, 1.807) is 0 Å². The minimum absolute atomic E-state index is 0.0838. The molecule has 9 nitrogen and oxygen atoms in total. The molecule has 0 saturated carbocycles. The van der Waals surface area contributed by atoms with Gasteiger partial charge >= 0.3 is 6.18 Å². The Bertz CT molecular complexity index is 1210. The van der Waals surface area contributed by atoms with Crippen molar-refractivity contribution < 1.29 is 17.9 Å². The van der Waals surface area contributed by atoms with Crippen LogP contribution in [0, 0.1) is 0 Å². The number of piperidine rings is 1. The van der Waals surface area contributed by atoms with Crippen LogP contribution in [0.4, 0.5) is 36.6 Å². The summed E-state index contributed by atoms with van der Waals surface area (Å²) >= 11 is 0. The molecule has 0 atom stereocenters. The van der Waals surface area contributed by atoms with E-state index in [1.807, 2.05) is 23.2 Å². The SMILES string of the molecule is Nc1cc(C(F)(F)F)c(-c2cc(Nc3ccc(CN4CCCCC4)cn3)nc(N3CCOCC3)n2)cn1. The van der Waals surface area contributed by atoms with E-state index in [-0.39, 0.29) is 17.1 Å². The predicted octanol–water partition coefficient (Wildman–Crippen LogP) is 4.10. The summed E-state index contributed by atoms with van der Waals surface area (Å²) in [6.07, 6.45) is 1.99. The van der Waals surface area contributed by atoms with Gasteiger partial charge in [0, 0.05) is 43.7 Å². The van der Waals surface area contributed by atoms with E-state index < -0.39 is 11.7 Å². The van der Waals surface area contributed by atoms with Crippen LogP contribution in [0.15, 0.2) is 36.7 Å². The number of alkyl halides is 3. The maximum absolute atomic E-state index is 13.8. The molecule has 2 aliphatic heterocycles. The van der Waals surface area contributed by atoms with Crippen LogP contribution in [0.3, 0.4) is 0 Å². The highest BCUT2D eigenvalue weighted by Gasteiger charge is 2.35. The summed E-state index contributed by atoms with van der Waals surface area (Å²) in [5, 5.41) is 3.13. The Morgan fingerprint density at radius 1 is 0.919 bits per heavy atom. The van der Waals surface area contributed by atoms with Crippen LogP contribution >= 0.6 is 0 Å². The summed E-state index contributed by atoms with van der Waals surface area (Å²) in [6.45, 7) is 5.04. The monoisotopic (exact) mass is 514 g/mol. The van der Waals surface area contributed by atoms with Crippen molar-refractivity contribution in [2.45, 2.75) is 32.0 Å². The molecular formula is C25H29F3N8O. The number of nitrogens with two attached hydrogens (primary N) is 1. The Balaban J connectivity index is 1.45. The van der Waals surface area contributed by atoms with Gasteiger partial charge in [-0.05, 0) is 43.6 Å². The van der Waals surface area contributed by atoms with Crippen molar-refractivity contribution >= 4 is 23.4 Å². The van der Waals surface area contributed by atoms with Crippen molar-refractivity contribution in [1.82, 2.24) is 24.8 Å². The molecule has 5 heterocycles. The third kappa shape index (κ3) is 6.25. The Labute approximate surface area is 212 Å². The van der Waals surface area contributed by atoms with Crippen molar-refractivity contribution in [1.29, 1.82) is 0 Å². The van der Waals surface area contributed by atoms with Crippen molar-refractivity contribution in [2.24, 2.45) is 0 Å². The normalized spacial score (nSPS) is 17.1. The summed E-state index contributed by atoms with van der Waals surface area (Å²) in [5.74, 6) is 0.944. The van der Waals surface area contributed by atoms with Gasteiger partial charge in [-0.1, -0.05) is 12.5 Å². The van der Waals surface area contributed by atoms with E-state index in [2.05, 4.69) is 30.2 Å². The van der Waals surface area contributed by atoms with Gasteiger partial charge in [-0.25, -0.2) is 15.0 Å². The Morgan fingerprint density at radius 3 is 2.41 bits per heavy atom. The van der Waals surface area contributed by atoms with E-state index in [0.717, 1.165) is 37.5 Å². The van der Waals surface area contributed by atoms with E-state index in [9.17, 15) is 13.2 Å². The van der Waals surface area contributed by atoms with Gasteiger partial charge in [0.15, 0.2) is 0 Å². The van der Waals surface area contributed by atoms with Crippen molar-refractivity contribution in [3.05, 3.63) is 47.8 Å². The number of aromatic nitrogens is 4. The Hall–Kier alpha value is -3.51. The first-order chi connectivity index (χ1) is 17.8. The number of nitrogens with one attached hydrogen (secondary N) is 1. The highest BCUT2D eigenvalue weighted by molar-refractivity contribution is 5.70. The first-order valence-corrected chi connectivity index (χ1v) is 12.3. The smallest absolute Gasteiger partial charge is 0.384 e. The summed E-state index contributed by atoms with van der Waals surface area (Å²) in [5.41, 5.74) is 5.67. The van der Waals surface area contributed by atoms with Crippen LogP contribution in [-0.4, -0.2) is 64.2 Å². The second-order valence-electron chi connectivity index (χ2n) is 9.20. The van der Waals surface area contributed by atoms with Crippen LogP contribution in [0.1, 0.15) is 30.4 Å². The van der Waals surface area contributed by atoms with Gasteiger partial charge in [-0.2, -0.15) is 18.2 Å². The topological polar surface area (TPSA) is 105 Å². The van der Waals surface area contributed by atoms with E-state index in [1.165, 1.54) is 25.3 Å². The molecule has 5 rings (SSSR count). The summed E-state index contributed by atoms with van der Waals surface area (Å²) in [4.78, 5) is 21.7. The molecule has 0 spiro atoms. The zero-order valence-corrected chi connectivity index (χ0v) is 20.3. The molecule has 2 aliphatic rings. The predicted molar refractivity (Wildman–Crippen MR) is 134 cm³/mol. The average Bonchev–Trinajstić information content (AvgIpc) is 2.90. The largest absolute Gasteiger partial charge is 0.417 e. The number of hydrogen-bond acceptors (Lipinski definition) is 9. The maximum Gasteiger partial charge on any atom is 0.417 e. The number of morpholine rings is 1. The van der Waals surface area contributed by atoms with Crippen LogP contribution in [0.2, 0.25) is 0 Å². The zero-order chi connectivity index (χ0) is 25.8. The van der Waals surface area contributed by atoms with Crippen LogP contribution < -0.4 is 16.0 Å². The number of pyridine rings is 2. The number of halogens is 3. The van der Waals surface area contributed by atoms with Crippen molar-refractivity contribution in [3.63, 3.8) is 0 Å². The molecule has 2 saturated heterocycles. The number of ether oxygens (including phenoxy) is 1. The fourth-order valence-corrected chi connectivity index (χ4v) is 4.55. The lowest BCUT2D eigenvalue weighted by molar-refractivity contribution is -0.137. The summed E-state index contributed by atoms with van der Waals surface area (Å²) in [6, 6.07) is 6.14. The molecule has 0 aliphatic carbocycles. The van der Waals surface area contributed by atoms with Gasteiger partial charge in [0.1, 0.15) is 17.5 Å². The lowest BCUT2D eigenvalue weighted by Gasteiger charge is -2.27. The fraction of sp³-hybridized carbons (Fsp3) is 0.440. The first kappa shape index (κ1) is 25.2. The van der Waals surface area contributed by atoms with Gasteiger partial charge in [0.2, 0.25) is 5.95 Å². The van der Waals surface area contributed by atoms with Crippen molar-refractivity contribution in [2.75, 3.05) is 55.3 Å². The number of rotatable bonds is 6. The molecule has 3 aromatic heterocycles. The average molecular weight is 515 g/mol. The van der Waals surface area contributed by atoms with Crippen LogP contribution in [0.25, 0.3) is 11.3 Å². The van der Waals surface area contributed by atoms with E-state index in [4.69, 9.17) is 10.5 Å². The maximum atomic E-state index is 13.8. The summed E-state index contributed by atoms with van der Waals surface area (Å²) in [7, 11) is 0. The number of anilines is 4. The second kappa shape index (κ2) is 10.9. The molecule has 3 N–H and O–H groups in total. The Kier molecular flexibility index (Phi) is 7.38. The van der Waals surface area contributed by atoms with Gasteiger partial charge < -0.3 is 20.7 Å². The second-order valence-corrected chi connectivity index (χ2v) is 9.20. The number of likely N-dealkylation sites (tertiary alicyclic amines) is 1. The highest BCUT2D eigenvalue weighted by atomic mass is 19.4.